The summed E-state index contributed by atoms with van der Waals surface area (Å²) in [5.41, 5.74) is 3.24. The van der Waals surface area contributed by atoms with E-state index in [2.05, 4.69) is 25.3 Å². The molecule has 1 atom stereocenters. The normalized spacial score (nSPS) is 15.4. The van der Waals surface area contributed by atoms with Crippen molar-refractivity contribution >= 4 is 34.7 Å². The fourth-order valence-electron chi connectivity index (χ4n) is 4.84. The number of carbonyl (C=O) groups excluding carboxylic acids is 1. The summed E-state index contributed by atoms with van der Waals surface area (Å²) in [7, 11) is 0. The van der Waals surface area contributed by atoms with Gasteiger partial charge in [-0.05, 0) is 53.2 Å². The minimum atomic E-state index is -0.547. The zero-order valence-corrected chi connectivity index (χ0v) is 24.0. The Morgan fingerprint density at radius 3 is 2.62 bits per heavy atom. The first kappa shape index (κ1) is 27.5. The lowest BCUT2D eigenvalue weighted by atomic mass is 10.0. The minimum absolute atomic E-state index is 0.0266. The van der Waals surface area contributed by atoms with Crippen LogP contribution in [0.15, 0.2) is 47.7 Å². The second-order valence-corrected chi connectivity index (χ2v) is 11.2. The molecule has 1 unspecified atom stereocenters. The van der Waals surface area contributed by atoms with Gasteiger partial charge in [0.15, 0.2) is 0 Å². The van der Waals surface area contributed by atoms with Crippen molar-refractivity contribution in [2.24, 2.45) is 0 Å². The van der Waals surface area contributed by atoms with Crippen LogP contribution in [0, 0.1) is 6.92 Å². The summed E-state index contributed by atoms with van der Waals surface area (Å²) in [6, 6.07) is 7.29. The number of halogens is 1. The largest absolute Gasteiger partial charge is 0.444 e. The number of hydrogen-bond acceptors (Lipinski definition) is 8. The Morgan fingerprint density at radius 2 is 1.93 bits per heavy atom. The van der Waals surface area contributed by atoms with Gasteiger partial charge in [-0.3, -0.25) is 19.3 Å². The highest BCUT2D eigenvalue weighted by molar-refractivity contribution is 6.33. The van der Waals surface area contributed by atoms with Gasteiger partial charge in [-0.25, -0.2) is 9.78 Å². The van der Waals surface area contributed by atoms with Crippen LogP contribution in [0.4, 0.5) is 10.7 Å². The third-order valence-electron chi connectivity index (χ3n) is 6.73. The first-order chi connectivity index (χ1) is 19.0. The van der Waals surface area contributed by atoms with E-state index in [-0.39, 0.29) is 17.7 Å². The molecule has 4 aromatic rings. The number of amides is 1. The number of carbonyl (C=O) groups is 1. The first-order valence-corrected chi connectivity index (χ1v) is 13.6. The highest BCUT2D eigenvalue weighted by atomic mass is 35.5. The predicted octanol–water partition coefficient (Wildman–Crippen LogP) is 5.32. The molecule has 3 aromatic heterocycles. The van der Waals surface area contributed by atoms with Gasteiger partial charge in [0.25, 0.3) is 5.56 Å². The summed E-state index contributed by atoms with van der Waals surface area (Å²) < 4.78 is 7.11. The summed E-state index contributed by atoms with van der Waals surface area (Å²) >= 11 is 6.70. The van der Waals surface area contributed by atoms with E-state index < -0.39 is 5.60 Å². The monoisotopic (exact) mass is 561 g/mol. The molecule has 40 heavy (non-hydrogen) atoms. The third-order valence-corrected chi connectivity index (χ3v) is 7.04. The lowest BCUT2D eigenvalue weighted by molar-refractivity contribution is 0.0293. The average Bonchev–Trinajstić information content (AvgIpc) is 3.37. The molecule has 1 amide bonds. The number of nitrogens with zero attached hydrogens (tertiary/aromatic N) is 6. The molecule has 10 nitrogen and oxygen atoms in total. The third kappa shape index (κ3) is 5.62. The predicted molar refractivity (Wildman–Crippen MR) is 156 cm³/mol. The maximum absolute atomic E-state index is 13.6. The van der Waals surface area contributed by atoms with E-state index in [0.29, 0.717) is 52.8 Å². The molecule has 4 heterocycles. The van der Waals surface area contributed by atoms with Crippen molar-refractivity contribution in [1.29, 1.82) is 0 Å². The first-order valence-electron chi connectivity index (χ1n) is 13.3. The molecular weight excluding hydrogens is 530 g/mol. The summed E-state index contributed by atoms with van der Waals surface area (Å²) in [6.07, 6.45) is 5.39. The molecule has 1 N–H and O–H groups in total. The van der Waals surface area contributed by atoms with Crippen molar-refractivity contribution in [3.63, 3.8) is 0 Å². The van der Waals surface area contributed by atoms with Crippen LogP contribution < -0.4 is 10.9 Å². The van der Waals surface area contributed by atoms with Crippen LogP contribution >= 0.6 is 11.6 Å². The number of hydrogen-bond donors (Lipinski definition) is 1. The van der Waals surface area contributed by atoms with Gasteiger partial charge in [-0.15, -0.1) is 0 Å². The van der Waals surface area contributed by atoms with Crippen LogP contribution in [0.25, 0.3) is 33.4 Å². The zero-order chi connectivity index (χ0) is 28.6. The number of anilines is 1. The average molecular weight is 562 g/mol. The topological polar surface area (TPSA) is 115 Å². The number of ether oxygens (including phenoxy) is 1. The number of aromatic nitrogens is 5. The van der Waals surface area contributed by atoms with E-state index in [0.717, 1.165) is 23.4 Å². The maximum atomic E-state index is 13.6. The molecule has 208 valence electrons. The molecule has 5 rings (SSSR count). The Balaban J connectivity index is 1.42. The molecule has 0 aliphatic carbocycles. The van der Waals surface area contributed by atoms with Gasteiger partial charge < -0.3 is 15.0 Å². The Morgan fingerprint density at radius 1 is 1.15 bits per heavy atom. The van der Waals surface area contributed by atoms with Crippen molar-refractivity contribution in [1.82, 2.24) is 29.4 Å². The minimum Gasteiger partial charge on any atom is -0.444 e. The molecule has 1 fully saturated rings. The summed E-state index contributed by atoms with van der Waals surface area (Å²) in [4.78, 5) is 45.6. The fourth-order valence-corrected chi connectivity index (χ4v) is 5.12. The fraction of sp³-hybridized carbons (Fsp3) is 0.379. The number of fused-ring (bicyclic) bond motifs is 1. The van der Waals surface area contributed by atoms with E-state index >= 15 is 0 Å². The Bertz CT molecular complexity index is 1650. The molecule has 0 saturated carbocycles. The number of aryl methyl sites for hydroxylation is 2. The second-order valence-electron chi connectivity index (χ2n) is 10.8. The van der Waals surface area contributed by atoms with E-state index in [1.54, 1.807) is 40.2 Å². The van der Waals surface area contributed by atoms with Crippen LogP contribution in [0.2, 0.25) is 5.02 Å². The summed E-state index contributed by atoms with van der Waals surface area (Å²) in [5.74, 6) is 0.402. The SMILES string of the molecule is CCn1c(=O)c(-c2ccc(-c3nccnc3C)cc2Cl)cc2cnc(NC3CCN(C(=O)OC(C)(C)C)C3)nc21. The van der Waals surface area contributed by atoms with Gasteiger partial charge in [0.2, 0.25) is 5.95 Å². The number of likely N-dealkylation sites (tertiary alicyclic amines) is 1. The molecule has 11 heteroatoms. The quantitative estimate of drug-likeness (QED) is 0.348. The smallest absolute Gasteiger partial charge is 0.410 e. The highest BCUT2D eigenvalue weighted by Crippen LogP contribution is 2.32. The van der Waals surface area contributed by atoms with Crippen LogP contribution in [-0.4, -0.2) is 60.2 Å². The second kappa shape index (κ2) is 10.8. The summed E-state index contributed by atoms with van der Waals surface area (Å²) in [5, 5.41) is 4.47. The van der Waals surface area contributed by atoms with E-state index in [4.69, 9.17) is 16.3 Å². The van der Waals surface area contributed by atoms with E-state index in [9.17, 15) is 9.59 Å². The van der Waals surface area contributed by atoms with Crippen molar-refractivity contribution in [2.45, 2.75) is 59.2 Å². The van der Waals surface area contributed by atoms with Crippen molar-refractivity contribution in [2.75, 3.05) is 18.4 Å². The van der Waals surface area contributed by atoms with Gasteiger partial charge in [0.05, 0.1) is 11.4 Å². The molecule has 0 spiro atoms. The molecule has 0 radical (unpaired) electrons. The van der Waals surface area contributed by atoms with Gasteiger partial charge in [-0.1, -0.05) is 23.7 Å². The van der Waals surface area contributed by atoms with Crippen LogP contribution in [0.1, 0.15) is 39.8 Å². The lowest BCUT2D eigenvalue weighted by Crippen LogP contribution is -2.36. The highest BCUT2D eigenvalue weighted by Gasteiger charge is 2.30. The molecular formula is C29H32ClN7O3. The van der Waals surface area contributed by atoms with Crippen LogP contribution in [0.3, 0.4) is 0 Å². The maximum Gasteiger partial charge on any atom is 0.410 e. The lowest BCUT2D eigenvalue weighted by Gasteiger charge is -2.24. The van der Waals surface area contributed by atoms with Gasteiger partial charge >= 0.3 is 6.09 Å². The number of rotatable bonds is 5. The van der Waals surface area contributed by atoms with Crippen molar-refractivity contribution in [3.8, 4) is 22.4 Å². The van der Waals surface area contributed by atoms with Gasteiger partial charge in [0.1, 0.15) is 11.2 Å². The molecule has 1 aliphatic heterocycles. The van der Waals surface area contributed by atoms with Crippen molar-refractivity contribution < 1.29 is 9.53 Å². The zero-order valence-electron chi connectivity index (χ0n) is 23.2. The Hall–Kier alpha value is -4.05. The Labute approximate surface area is 237 Å². The number of benzene rings is 1. The Kier molecular flexibility index (Phi) is 7.46. The number of pyridine rings is 1. The molecule has 1 saturated heterocycles. The standard InChI is InChI=1S/C29H32ClN7O3/c1-6-37-25-19(15-33-27(35-25)34-20-9-12-36(16-20)28(39)40-29(3,4)5)13-22(26(37)38)21-8-7-18(14-23(21)30)24-17(2)31-10-11-32-24/h7-8,10-11,13-15,20H,6,9,12,16H2,1-5H3,(H,33,34,35). The van der Waals surface area contributed by atoms with Crippen LogP contribution in [-0.2, 0) is 11.3 Å². The number of nitrogens with one attached hydrogen (secondary N) is 1. The van der Waals surface area contributed by atoms with Crippen LogP contribution in [0.5, 0.6) is 0 Å². The molecule has 1 aromatic carbocycles. The van der Waals surface area contributed by atoms with E-state index in [1.165, 1.54) is 0 Å². The molecule has 0 bridgehead atoms. The van der Waals surface area contributed by atoms with Gasteiger partial charge in [-0.2, -0.15) is 4.98 Å². The summed E-state index contributed by atoms with van der Waals surface area (Å²) in [6.45, 7) is 10.8. The molecule has 1 aliphatic rings. The van der Waals surface area contributed by atoms with Gasteiger partial charge in [0, 0.05) is 71.4 Å². The van der Waals surface area contributed by atoms with Crippen molar-refractivity contribution in [3.05, 3.63) is 63.9 Å². The van der Waals surface area contributed by atoms with E-state index in [1.807, 2.05) is 46.8 Å².